The highest BCUT2D eigenvalue weighted by atomic mass is 32.1. The molecule has 2 aromatic heterocycles. The highest BCUT2D eigenvalue weighted by molar-refractivity contribution is 7.19. The van der Waals surface area contributed by atoms with Gasteiger partial charge in [-0.25, -0.2) is 14.7 Å². The average Bonchev–Trinajstić information content (AvgIpc) is 3.41. The predicted molar refractivity (Wildman–Crippen MR) is 129 cm³/mol. The molecule has 1 N–H and O–H groups in total. The minimum absolute atomic E-state index is 0.0275. The Morgan fingerprint density at radius 2 is 1.75 bits per heavy atom. The van der Waals surface area contributed by atoms with Crippen LogP contribution in [0.4, 0.5) is 0 Å². The first-order valence-corrected chi connectivity index (χ1v) is 11.1. The normalized spacial score (nSPS) is 12.9. The van der Waals surface area contributed by atoms with Gasteiger partial charge in [-0.3, -0.25) is 4.79 Å². The monoisotopic (exact) mass is 439 g/mol. The Labute approximate surface area is 189 Å². The largest absolute Gasteiger partial charge is 0.373 e. The number of aromatic amines is 1. The Bertz CT molecular complexity index is 1500. The summed E-state index contributed by atoms with van der Waals surface area (Å²) in [7, 11) is 1.72. The molecule has 158 valence electrons. The van der Waals surface area contributed by atoms with E-state index in [0.29, 0.717) is 27.9 Å². The van der Waals surface area contributed by atoms with Crippen LogP contribution in [0.15, 0.2) is 48.5 Å². The minimum Gasteiger partial charge on any atom is -0.373 e. The fourth-order valence-electron chi connectivity index (χ4n) is 3.62. The number of likely N-dealkylation sites (N-methyl/N-ethyl adjacent to an activating group) is 1. The lowest BCUT2D eigenvalue weighted by Gasteiger charge is -2.15. The van der Waals surface area contributed by atoms with E-state index in [1.165, 1.54) is 11.3 Å². The fraction of sp³-hybridized carbons (Fsp3) is 0.200. The second-order valence-electron chi connectivity index (χ2n) is 7.41. The second-order valence-corrected chi connectivity index (χ2v) is 8.44. The van der Waals surface area contributed by atoms with E-state index in [9.17, 15) is 4.79 Å². The van der Waals surface area contributed by atoms with E-state index in [1.54, 1.807) is 11.9 Å². The van der Waals surface area contributed by atoms with E-state index in [4.69, 9.17) is 13.1 Å². The van der Waals surface area contributed by atoms with E-state index in [-0.39, 0.29) is 11.6 Å². The number of fused-ring (bicyclic) bond motifs is 2. The van der Waals surface area contributed by atoms with Crippen LogP contribution in [0, 0.1) is 13.1 Å². The van der Waals surface area contributed by atoms with Crippen LogP contribution >= 0.6 is 11.3 Å². The maximum absolute atomic E-state index is 13.0. The lowest BCUT2D eigenvalue weighted by molar-refractivity contribution is -0.123. The Balaban J connectivity index is 2.03. The van der Waals surface area contributed by atoms with Crippen molar-refractivity contribution in [3.05, 3.63) is 87.1 Å². The number of carbonyl (C=O) groups excluding carboxylic acids is 1. The van der Waals surface area contributed by atoms with Gasteiger partial charge in [0.2, 0.25) is 5.70 Å². The van der Waals surface area contributed by atoms with Crippen molar-refractivity contribution in [2.75, 3.05) is 13.6 Å². The van der Waals surface area contributed by atoms with Crippen LogP contribution in [0.2, 0.25) is 0 Å². The number of hydrogen-bond donors (Lipinski definition) is 1. The van der Waals surface area contributed by atoms with Gasteiger partial charge < -0.3 is 9.88 Å². The smallest absolute Gasteiger partial charge is 0.273 e. The van der Waals surface area contributed by atoms with Crippen molar-refractivity contribution < 1.29 is 4.79 Å². The molecule has 32 heavy (non-hydrogen) atoms. The zero-order chi connectivity index (χ0) is 22.7. The lowest BCUT2D eigenvalue weighted by Crippen LogP contribution is -2.31. The van der Waals surface area contributed by atoms with Crippen molar-refractivity contribution in [1.29, 1.82) is 0 Å². The summed E-state index contributed by atoms with van der Waals surface area (Å²) in [6.45, 7) is 18.2. The highest BCUT2D eigenvalue weighted by Gasteiger charge is 2.19. The van der Waals surface area contributed by atoms with E-state index < -0.39 is 0 Å². The third-order valence-corrected chi connectivity index (χ3v) is 6.35. The van der Waals surface area contributed by atoms with Crippen molar-refractivity contribution in [2.45, 2.75) is 19.8 Å². The van der Waals surface area contributed by atoms with E-state index in [2.05, 4.69) is 26.6 Å². The van der Waals surface area contributed by atoms with Crippen LogP contribution in [0.5, 0.6) is 0 Å². The number of rotatable bonds is 5. The van der Waals surface area contributed by atoms with Crippen molar-refractivity contribution >= 4 is 49.6 Å². The molecule has 0 saturated carbocycles. The summed E-state index contributed by atoms with van der Waals surface area (Å²) in [5.41, 5.74) is 1.25. The van der Waals surface area contributed by atoms with Crippen LogP contribution in [0.1, 0.15) is 24.8 Å². The van der Waals surface area contributed by atoms with Crippen molar-refractivity contribution in [3.8, 4) is 0 Å². The Morgan fingerprint density at radius 3 is 2.41 bits per heavy atom. The van der Waals surface area contributed by atoms with Gasteiger partial charge in [0.05, 0.1) is 34.1 Å². The van der Waals surface area contributed by atoms with Crippen molar-refractivity contribution in [2.24, 2.45) is 0 Å². The molecule has 1 amide bonds. The summed E-state index contributed by atoms with van der Waals surface area (Å²) in [5, 5.41) is 3.16. The summed E-state index contributed by atoms with van der Waals surface area (Å²) in [6, 6.07) is 15.3. The number of nitrogens with one attached hydrogen (secondary N) is 1. The molecular weight excluding hydrogens is 418 g/mol. The summed E-state index contributed by atoms with van der Waals surface area (Å²) >= 11 is 1.45. The zero-order valence-corrected chi connectivity index (χ0v) is 18.7. The van der Waals surface area contributed by atoms with Gasteiger partial charge >= 0.3 is 0 Å². The molecule has 4 aromatic rings. The fourth-order valence-corrected chi connectivity index (χ4v) is 4.59. The zero-order valence-electron chi connectivity index (χ0n) is 17.8. The van der Waals surface area contributed by atoms with E-state index >= 15 is 0 Å². The molecule has 0 fully saturated rings. The van der Waals surface area contributed by atoms with E-state index in [0.717, 1.165) is 33.8 Å². The molecule has 7 heteroatoms. The molecule has 4 rings (SSSR count). The number of carbonyl (C=O) groups is 1. The molecule has 0 aliphatic carbocycles. The Hall–Kier alpha value is -3.94. The van der Waals surface area contributed by atoms with Gasteiger partial charge in [0.15, 0.2) is 0 Å². The molecular formula is C25H21N5OS. The van der Waals surface area contributed by atoms with Crippen LogP contribution in [-0.2, 0) is 4.79 Å². The van der Waals surface area contributed by atoms with Crippen molar-refractivity contribution in [3.63, 3.8) is 0 Å². The second kappa shape index (κ2) is 9.05. The topological polar surface area (TPSA) is 57.7 Å². The molecule has 0 atom stereocenters. The number of aromatic nitrogens is 2. The van der Waals surface area contributed by atoms with Gasteiger partial charge in [0.25, 0.3) is 11.6 Å². The van der Waals surface area contributed by atoms with Gasteiger partial charge in [-0.05, 0) is 29.3 Å². The molecule has 0 unspecified atom stereocenters. The van der Waals surface area contributed by atoms with Crippen LogP contribution in [0.3, 0.4) is 0 Å². The summed E-state index contributed by atoms with van der Waals surface area (Å²) in [5.74, 6) is -0.323. The van der Waals surface area contributed by atoms with Crippen LogP contribution < -0.4 is 10.7 Å². The standard InChI is InChI=1S/C25H21N5OS/c1-5-6-15-30(4)25(31)23(27-3)21-17-12-8-7-11-16(17)20(29-21)22(26-2)24-28-18-13-9-10-14-19(18)32-24/h7-14,29H,5-6,15H2,1,4H3. The minimum atomic E-state index is -0.323. The summed E-state index contributed by atoms with van der Waals surface area (Å²) in [4.78, 5) is 29.9. The molecule has 0 radical (unpaired) electrons. The van der Waals surface area contributed by atoms with Gasteiger partial charge in [0.1, 0.15) is 5.01 Å². The van der Waals surface area contributed by atoms with Gasteiger partial charge in [-0.1, -0.05) is 49.7 Å². The molecule has 0 bridgehead atoms. The predicted octanol–water partition coefficient (Wildman–Crippen LogP) is 4.14. The maximum atomic E-state index is 13.0. The first kappa shape index (κ1) is 21.3. The summed E-state index contributed by atoms with van der Waals surface area (Å²) < 4.78 is 1.00. The number of thiazole rings is 1. The SMILES string of the molecule is [C-]#[N+]C(C(=O)N(C)CCCC)=c1[nH]c(=C([N+]#[C-])c2nc3ccccc3s2)c2ccccc12. The number of benzene rings is 2. The number of hydrogen-bond acceptors (Lipinski definition) is 3. The first-order valence-electron chi connectivity index (χ1n) is 10.3. The molecule has 6 nitrogen and oxygen atoms in total. The number of H-pyrrole nitrogens is 1. The number of unbranched alkanes of at least 4 members (excludes halogenated alkanes) is 1. The molecule has 0 spiro atoms. The van der Waals surface area contributed by atoms with Gasteiger partial charge in [-0.15, -0.1) is 11.3 Å². The Morgan fingerprint density at radius 1 is 1.06 bits per heavy atom. The molecule has 0 aliphatic heterocycles. The van der Waals surface area contributed by atoms with Gasteiger partial charge in [-0.2, -0.15) is 0 Å². The maximum Gasteiger partial charge on any atom is 0.273 e. The van der Waals surface area contributed by atoms with Crippen molar-refractivity contribution in [1.82, 2.24) is 14.9 Å². The number of nitrogens with zero attached hydrogens (tertiary/aromatic N) is 4. The highest BCUT2D eigenvalue weighted by Crippen LogP contribution is 2.26. The molecule has 2 heterocycles. The third kappa shape index (κ3) is 3.75. The van der Waals surface area contributed by atoms with Crippen LogP contribution in [0.25, 0.3) is 42.1 Å². The first-order chi connectivity index (χ1) is 15.6. The molecule has 0 aliphatic rings. The average molecular weight is 440 g/mol. The number of amides is 1. The molecule has 2 aromatic carbocycles. The number of para-hydroxylation sites is 1. The van der Waals surface area contributed by atoms with Crippen LogP contribution in [-0.4, -0.2) is 34.4 Å². The Kier molecular flexibility index (Phi) is 6.02. The quantitative estimate of drug-likeness (QED) is 0.475. The van der Waals surface area contributed by atoms with Gasteiger partial charge in [0, 0.05) is 13.6 Å². The third-order valence-electron chi connectivity index (χ3n) is 5.31. The molecule has 0 saturated heterocycles. The lowest BCUT2D eigenvalue weighted by atomic mass is 10.1. The summed E-state index contributed by atoms with van der Waals surface area (Å²) in [6.07, 6.45) is 1.84. The van der Waals surface area contributed by atoms with E-state index in [1.807, 2.05) is 48.5 Å².